The summed E-state index contributed by atoms with van der Waals surface area (Å²) in [7, 11) is 1.61. The molecule has 146 valence electrons. The minimum atomic E-state index is -0.219. The van der Waals surface area contributed by atoms with E-state index in [1.54, 1.807) is 18.4 Å². The quantitative estimate of drug-likeness (QED) is 0.718. The van der Waals surface area contributed by atoms with Gasteiger partial charge in [0.05, 0.1) is 18.8 Å². The van der Waals surface area contributed by atoms with Crippen LogP contribution in [0.15, 0.2) is 35.4 Å². The number of ether oxygens (including phenoxy) is 1. The van der Waals surface area contributed by atoms with Gasteiger partial charge in [-0.2, -0.15) is 0 Å². The number of carbonyl (C=O) groups excluding carboxylic acids is 1. The normalized spacial score (nSPS) is 16.0. The Labute approximate surface area is 167 Å². The van der Waals surface area contributed by atoms with Crippen LogP contribution in [0.1, 0.15) is 29.3 Å². The number of hydrogen-bond acceptors (Lipinski definition) is 5. The molecule has 2 aromatic heterocycles. The van der Waals surface area contributed by atoms with Gasteiger partial charge in [-0.15, -0.1) is 11.3 Å². The third kappa shape index (κ3) is 3.67. The van der Waals surface area contributed by atoms with Crippen molar-refractivity contribution < 1.29 is 9.53 Å². The Morgan fingerprint density at radius 3 is 3.11 bits per heavy atom. The van der Waals surface area contributed by atoms with Gasteiger partial charge < -0.3 is 10.1 Å². The second kappa shape index (κ2) is 7.75. The number of aromatic nitrogens is 2. The third-order valence-electron chi connectivity index (χ3n) is 5.22. The molecule has 1 N–H and O–H groups in total. The fourth-order valence-electron chi connectivity index (χ4n) is 3.67. The molecule has 4 rings (SSSR count). The van der Waals surface area contributed by atoms with Gasteiger partial charge >= 0.3 is 0 Å². The van der Waals surface area contributed by atoms with Gasteiger partial charge in [-0.1, -0.05) is 19.1 Å². The Bertz CT molecular complexity index is 1090. The van der Waals surface area contributed by atoms with E-state index in [2.05, 4.69) is 17.2 Å². The number of carbonyl (C=O) groups is 1. The summed E-state index contributed by atoms with van der Waals surface area (Å²) in [4.78, 5) is 31.9. The zero-order valence-corrected chi connectivity index (χ0v) is 16.8. The molecule has 1 amide bonds. The van der Waals surface area contributed by atoms with Gasteiger partial charge in [-0.3, -0.25) is 14.2 Å². The molecule has 0 aliphatic heterocycles. The van der Waals surface area contributed by atoms with Gasteiger partial charge in [0, 0.05) is 11.4 Å². The van der Waals surface area contributed by atoms with Crippen molar-refractivity contribution in [1.29, 1.82) is 0 Å². The summed E-state index contributed by atoms with van der Waals surface area (Å²) in [5, 5.41) is 3.56. The van der Waals surface area contributed by atoms with E-state index < -0.39 is 0 Å². The van der Waals surface area contributed by atoms with Crippen LogP contribution >= 0.6 is 11.3 Å². The predicted molar refractivity (Wildman–Crippen MR) is 110 cm³/mol. The molecule has 28 heavy (non-hydrogen) atoms. The Morgan fingerprint density at radius 1 is 1.43 bits per heavy atom. The van der Waals surface area contributed by atoms with E-state index in [4.69, 9.17) is 4.74 Å². The molecule has 1 aromatic carbocycles. The van der Waals surface area contributed by atoms with Crippen LogP contribution in [0.2, 0.25) is 0 Å². The molecule has 0 bridgehead atoms. The van der Waals surface area contributed by atoms with Crippen LogP contribution in [0, 0.1) is 5.92 Å². The molecule has 1 unspecified atom stereocenters. The first-order valence-corrected chi connectivity index (χ1v) is 10.3. The molecule has 0 fully saturated rings. The number of fused-ring (bicyclic) bond motifs is 3. The smallest absolute Gasteiger partial charge is 0.262 e. The summed E-state index contributed by atoms with van der Waals surface area (Å²) in [5.41, 5.74) is 1.96. The summed E-state index contributed by atoms with van der Waals surface area (Å²) < 4.78 is 6.60. The molecule has 7 heteroatoms. The first kappa shape index (κ1) is 18.7. The number of nitrogens with zero attached hydrogens (tertiary/aromatic N) is 2. The highest BCUT2D eigenvalue weighted by atomic mass is 32.1. The number of rotatable bonds is 5. The maximum atomic E-state index is 13.0. The van der Waals surface area contributed by atoms with Crippen LogP contribution in [0.25, 0.3) is 10.2 Å². The highest BCUT2D eigenvalue weighted by Gasteiger charge is 2.23. The lowest BCUT2D eigenvalue weighted by atomic mass is 9.89. The molecule has 1 aliphatic carbocycles. The topological polar surface area (TPSA) is 73.2 Å². The van der Waals surface area contributed by atoms with Gasteiger partial charge in [0.25, 0.3) is 5.56 Å². The van der Waals surface area contributed by atoms with Crippen molar-refractivity contribution in [2.45, 2.75) is 39.3 Å². The lowest BCUT2D eigenvalue weighted by Gasteiger charge is -2.17. The van der Waals surface area contributed by atoms with Crippen LogP contribution in [0.5, 0.6) is 5.75 Å². The van der Waals surface area contributed by atoms with Crippen molar-refractivity contribution in [1.82, 2.24) is 14.9 Å². The lowest BCUT2D eigenvalue weighted by Crippen LogP contribution is -2.32. The predicted octanol–water partition coefficient (Wildman–Crippen LogP) is 2.91. The van der Waals surface area contributed by atoms with Crippen molar-refractivity contribution in [3.63, 3.8) is 0 Å². The number of thiophene rings is 1. The number of methoxy groups -OCH3 is 1. The van der Waals surface area contributed by atoms with E-state index in [9.17, 15) is 9.59 Å². The van der Waals surface area contributed by atoms with Crippen LogP contribution < -0.4 is 15.6 Å². The second-order valence-electron chi connectivity index (χ2n) is 7.34. The SMILES string of the molecule is COc1cccc(CNC(=O)Cn2cnc3sc4c(c3c2=O)CCC(C)C4)c1. The second-order valence-corrected chi connectivity index (χ2v) is 8.42. The first-order valence-electron chi connectivity index (χ1n) is 9.44. The minimum Gasteiger partial charge on any atom is -0.497 e. The summed E-state index contributed by atoms with van der Waals surface area (Å²) in [5.74, 6) is 1.17. The van der Waals surface area contributed by atoms with E-state index in [1.807, 2.05) is 24.3 Å². The monoisotopic (exact) mass is 397 g/mol. The summed E-state index contributed by atoms with van der Waals surface area (Å²) in [6, 6.07) is 7.53. The first-order chi connectivity index (χ1) is 13.5. The zero-order chi connectivity index (χ0) is 19.7. The summed E-state index contributed by atoms with van der Waals surface area (Å²) in [6.07, 6.45) is 4.51. The van der Waals surface area contributed by atoms with Gasteiger partial charge in [0.15, 0.2) is 0 Å². The van der Waals surface area contributed by atoms with E-state index in [0.717, 1.165) is 41.0 Å². The maximum Gasteiger partial charge on any atom is 0.262 e. The molecule has 1 atom stereocenters. The average molecular weight is 398 g/mol. The molecule has 0 spiro atoms. The number of nitrogens with one attached hydrogen (secondary N) is 1. The fraction of sp³-hybridized carbons (Fsp3) is 0.381. The van der Waals surface area contributed by atoms with Gasteiger partial charge in [0.1, 0.15) is 17.1 Å². The Hall–Kier alpha value is -2.67. The minimum absolute atomic E-state index is 0.0350. The standard InChI is InChI=1S/C21H23N3O3S/c1-13-6-7-16-17(8-13)28-20-19(16)21(26)24(12-23-20)11-18(25)22-10-14-4-3-5-15(9-14)27-2/h3-5,9,12-13H,6-8,10-11H2,1-2H3,(H,22,25). The van der Waals surface area contributed by atoms with Crippen molar-refractivity contribution in [3.05, 3.63) is 57.0 Å². The number of aryl methyl sites for hydroxylation is 1. The summed E-state index contributed by atoms with van der Waals surface area (Å²) >= 11 is 1.62. The molecule has 2 heterocycles. The maximum absolute atomic E-state index is 13.0. The van der Waals surface area contributed by atoms with E-state index >= 15 is 0 Å². The fourth-order valence-corrected chi connectivity index (χ4v) is 5.01. The molecular formula is C21H23N3O3S. The molecule has 0 radical (unpaired) electrons. The number of benzene rings is 1. The third-order valence-corrected chi connectivity index (χ3v) is 6.38. The summed E-state index contributed by atoms with van der Waals surface area (Å²) in [6.45, 7) is 2.59. The highest BCUT2D eigenvalue weighted by Crippen LogP contribution is 2.35. The Balaban J connectivity index is 1.50. The Kier molecular flexibility index (Phi) is 5.17. The molecule has 1 aliphatic rings. The van der Waals surface area contributed by atoms with Gasteiger partial charge in [-0.25, -0.2) is 4.98 Å². The molecule has 0 saturated heterocycles. The van der Waals surface area contributed by atoms with Crippen molar-refractivity contribution in [2.75, 3.05) is 7.11 Å². The average Bonchev–Trinajstić information content (AvgIpc) is 3.07. The van der Waals surface area contributed by atoms with E-state index in [0.29, 0.717) is 17.8 Å². The van der Waals surface area contributed by atoms with Crippen LogP contribution in [0.3, 0.4) is 0 Å². The highest BCUT2D eigenvalue weighted by molar-refractivity contribution is 7.18. The van der Waals surface area contributed by atoms with Crippen LogP contribution in [-0.4, -0.2) is 22.6 Å². The number of hydrogen-bond donors (Lipinski definition) is 1. The van der Waals surface area contributed by atoms with Crippen molar-refractivity contribution in [3.8, 4) is 5.75 Å². The number of amides is 1. The zero-order valence-electron chi connectivity index (χ0n) is 16.0. The van der Waals surface area contributed by atoms with Gasteiger partial charge in [-0.05, 0) is 48.4 Å². The molecule has 6 nitrogen and oxygen atoms in total. The van der Waals surface area contributed by atoms with Crippen LogP contribution in [-0.2, 0) is 30.7 Å². The van der Waals surface area contributed by atoms with E-state index in [-0.39, 0.29) is 18.0 Å². The molecule has 0 saturated carbocycles. The van der Waals surface area contributed by atoms with Crippen molar-refractivity contribution >= 4 is 27.5 Å². The Morgan fingerprint density at radius 2 is 2.29 bits per heavy atom. The largest absolute Gasteiger partial charge is 0.497 e. The van der Waals surface area contributed by atoms with Crippen molar-refractivity contribution in [2.24, 2.45) is 5.92 Å². The molecule has 3 aromatic rings. The van der Waals surface area contributed by atoms with E-state index in [1.165, 1.54) is 15.8 Å². The lowest BCUT2D eigenvalue weighted by molar-refractivity contribution is -0.121. The molecular weight excluding hydrogens is 374 g/mol. The van der Waals surface area contributed by atoms with Crippen LogP contribution in [0.4, 0.5) is 0 Å². The van der Waals surface area contributed by atoms with Gasteiger partial charge in [0.2, 0.25) is 5.91 Å².